The molecule has 1 aromatic rings. The molecule has 1 unspecified atom stereocenters. The lowest BCUT2D eigenvalue weighted by Crippen LogP contribution is -2.42. The van der Waals surface area contributed by atoms with E-state index >= 15 is 0 Å². The third-order valence-corrected chi connectivity index (χ3v) is 10.0. The van der Waals surface area contributed by atoms with Crippen molar-refractivity contribution in [1.82, 2.24) is 0 Å². The molecule has 0 aliphatic heterocycles. The van der Waals surface area contributed by atoms with E-state index in [0.29, 0.717) is 6.61 Å². The van der Waals surface area contributed by atoms with Gasteiger partial charge in [0.05, 0.1) is 6.61 Å². The van der Waals surface area contributed by atoms with Gasteiger partial charge in [0.15, 0.2) is 0 Å². The van der Waals surface area contributed by atoms with Gasteiger partial charge in [-0.05, 0) is 68.5 Å². The fraction of sp³-hybridized carbons (Fsp3) is 0.565. The standard InChI is InChI=1S/C23H36O2Si/c1-18(2)20-14-11-15-21(24-17-19-12-9-8-10-13-19)22(16-20)25-26(6,7)23(3,4)5/h8-10,12-13,16,21H,11,14-15,17H2,1-7H3. The van der Waals surface area contributed by atoms with Crippen LogP contribution in [0.15, 0.2) is 53.3 Å². The molecule has 144 valence electrons. The summed E-state index contributed by atoms with van der Waals surface area (Å²) in [5, 5.41) is 0.176. The Morgan fingerprint density at radius 3 is 2.35 bits per heavy atom. The zero-order valence-electron chi connectivity index (χ0n) is 17.7. The van der Waals surface area contributed by atoms with Crippen molar-refractivity contribution in [2.75, 3.05) is 0 Å². The molecule has 1 aliphatic carbocycles. The van der Waals surface area contributed by atoms with Gasteiger partial charge in [0.2, 0.25) is 8.32 Å². The number of ether oxygens (including phenoxy) is 1. The molecule has 0 bridgehead atoms. The van der Waals surface area contributed by atoms with Crippen LogP contribution in [-0.4, -0.2) is 14.4 Å². The van der Waals surface area contributed by atoms with E-state index in [-0.39, 0.29) is 11.1 Å². The van der Waals surface area contributed by atoms with Gasteiger partial charge in [-0.25, -0.2) is 0 Å². The second kappa shape index (κ2) is 8.58. The smallest absolute Gasteiger partial charge is 0.250 e. The number of hydrogen-bond donors (Lipinski definition) is 0. The largest absolute Gasteiger partial charge is 0.545 e. The van der Waals surface area contributed by atoms with Crippen molar-refractivity contribution in [3.05, 3.63) is 58.9 Å². The van der Waals surface area contributed by atoms with Crippen molar-refractivity contribution in [3.63, 3.8) is 0 Å². The van der Waals surface area contributed by atoms with Crippen LogP contribution < -0.4 is 0 Å². The van der Waals surface area contributed by atoms with E-state index in [9.17, 15) is 0 Å². The molecule has 2 rings (SSSR count). The topological polar surface area (TPSA) is 18.5 Å². The summed E-state index contributed by atoms with van der Waals surface area (Å²) in [4.78, 5) is 0. The predicted octanol–water partition coefficient (Wildman–Crippen LogP) is 7.00. The third-order valence-electron chi connectivity index (χ3n) is 5.66. The van der Waals surface area contributed by atoms with Gasteiger partial charge in [-0.3, -0.25) is 0 Å². The molecule has 0 heterocycles. The lowest BCUT2D eigenvalue weighted by Gasteiger charge is -2.38. The molecule has 0 N–H and O–H groups in total. The molecule has 3 heteroatoms. The monoisotopic (exact) mass is 372 g/mol. The van der Waals surface area contributed by atoms with Crippen molar-refractivity contribution >= 4 is 8.32 Å². The van der Waals surface area contributed by atoms with Gasteiger partial charge in [0.1, 0.15) is 11.9 Å². The minimum absolute atomic E-state index is 0.0428. The van der Waals surface area contributed by atoms with Crippen LogP contribution in [0.5, 0.6) is 0 Å². The Balaban J connectivity index is 2.25. The molecule has 0 saturated carbocycles. The van der Waals surface area contributed by atoms with Gasteiger partial charge < -0.3 is 9.16 Å². The lowest BCUT2D eigenvalue weighted by atomic mass is 10.1. The summed E-state index contributed by atoms with van der Waals surface area (Å²) in [6, 6.07) is 10.4. The highest BCUT2D eigenvalue weighted by Gasteiger charge is 2.40. The van der Waals surface area contributed by atoms with Crippen LogP contribution in [0.1, 0.15) is 59.4 Å². The minimum Gasteiger partial charge on any atom is -0.545 e. The Labute approximate surface area is 161 Å². The Kier molecular flexibility index (Phi) is 6.92. The van der Waals surface area contributed by atoms with E-state index in [1.807, 2.05) is 6.07 Å². The molecule has 0 amide bonds. The van der Waals surface area contributed by atoms with Gasteiger partial charge >= 0.3 is 0 Å². The summed E-state index contributed by atoms with van der Waals surface area (Å²) in [5.41, 5.74) is 4.00. The van der Waals surface area contributed by atoms with E-state index < -0.39 is 8.32 Å². The van der Waals surface area contributed by atoms with Crippen LogP contribution in [0.25, 0.3) is 0 Å². The first-order valence-electron chi connectivity index (χ1n) is 9.82. The molecular weight excluding hydrogens is 336 g/mol. The SMILES string of the molecule is CC(C)=C1C=C(O[Si](C)(C)C(C)(C)C)C(OCc2ccccc2)CCC1. The zero-order valence-corrected chi connectivity index (χ0v) is 18.7. The van der Waals surface area contributed by atoms with Gasteiger partial charge in [-0.15, -0.1) is 0 Å². The lowest BCUT2D eigenvalue weighted by molar-refractivity contribution is 0.0342. The first-order chi connectivity index (χ1) is 12.1. The van der Waals surface area contributed by atoms with Crippen LogP contribution in [0.2, 0.25) is 18.1 Å². The summed E-state index contributed by atoms with van der Waals surface area (Å²) in [7, 11) is -1.90. The van der Waals surface area contributed by atoms with Crippen molar-refractivity contribution in [2.24, 2.45) is 0 Å². The number of allylic oxidation sites excluding steroid dienone is 3. The molecule has 26 heavy (non-hydrogen) atoms. The van der Waals surface area contributed by atoms with E-state index in [4.69, 9.17) is 9.16 Å². The molecule has 2 nitrogen and oxygen atoms in total. The molecule has 0 spiro atoms. The molecule has 0 radical (unpaired) electrons. The molecule has 0 aromatic heterocycles. The van der Waals surface area contributed by atoms with E-state index in [1.165, 1.54) is 16.7 Å². The quantitative estimate of drug-likeness (QED) is 0.518. The fourth-order valence-electron chi connectivity index (χ4n) is 2.83. The molecular formula is C23H36O2Si. The summed E-state index contributed by atoms with van der Waals surface area (Å²) < 4.78 is 13.1. The maximum absolute atomic E-state index is 6.75. The van der Waals surface area contributed by atoms with Crippen LogP contribution >= 0.6 is 0 Å². The van der Waals surface area contributed by atoms with E-state index in [0.717, 1.165) is 25.0 Å². The summed E-state index contributed by atoms with van der Waals surface area (Å²) in [6.07, 6.45) is 5.59. The van der Waals surface area contributed by atoms with Crippen molar-refractivity contribution in [1.29, 1.82) is 0 Å². The second-order valence-electron chi connectivity index (χ2n) is 9.11. The molecule has 1 aromatic carbocycles. The highest BCUT2D eigenvalue weighted by Crippen LogP contribution is 2.40. The minimum atomic E-state index is -1.90. The summed E-state index contributed by atoms with van der Waals surface area (Å²) in [6.45, 7) is 16.5. The second-order valence-corrected chi connectivity index (χ2v) is 13.8. The van der Waals surface area contributed by atoms with Crippen LogP contribution in [0, 0.1) is 0 Å². The highest BCUT2D eigenvalue weighted by molar-refractivity contribution is 6.74. The molecule has 0 saturated heterocycles. The van der Waals surface area contributed by atoms with Crippen LogP contribution in [-0.2, 0) is 15.8 Å². The third kappa shape index (κ3) is 5.59. The van der Waals surface area contributed by atoms with Crippen molar-refractivity contribution < 1.29 is 9.16 Å². The molecule has 1 aliphatic rings. The van der Waals surface area contributed by atoms with Gasteiger partial charge in [-0.2, -0.15) is 0 Å². The van der Waals surface area contributed by atoms with E-state index in [2.05, 4.69) is 78.1 Å². The summed E-state index contributed by atoms with van der Waals surface area (Å²) in [5.74, 6) is 1.04. The normalized spacial score (nSPS) is 19.0. The van der Waals surface area contributed by atoms with Crippen LogP contribution in [0.4, 0.5) is 0 Å². The number of rotatable bonds is 5. The Morgan fingerprint density at radius 1 is 1.12 bits per heavy atom. The Hall–Kier alpha value is -1.32. The molecule has 0 fully saturated rings. The van der Waals surface area contributed by atoms with Gasteiger partial charge in [0.25, 0.3) is 0 Å². The fourth-order valence-corrected chi connectivity index (χ4v) is 3.92. The first-order valence-corrected chi connectivity index (χ1v) is 12.7. The first kappa shape index (κ1) is 21.0. The maximum Gasteiger partial charge on any atom is 0.250 e. The zero-order chi connectivity index (χ0) is 19.4. The van der Waals surface area contributed by atoms with Crippen molar-refractivity contribution in [2.45, 2.75) is 84.7 Å². The van der Waals surface area contributed by atoms with Gasteiger partial charge in [0, 0.05) is 0 Å². The Morgan fingerprint density at radius 2 is 1.77 bits per heavy atom. The average Bonchev–Trinajstić information content (AvgIpc) is 2.75. The predicted molar refractivity (Wildman–Crippen MR) is 114 cm³/mol. The maximum atomic E-state index is 6.75. The summed E-state index contributed by atoms with van der Waals surface area (Å²) >= 11 is 0. The highest BCUT2D eigenvalue weighted by atomic mass is 28.4. The Bertz CT molecular complexity index is 647. The number of benzene rings is 1. The van der Waals surface area contributed by atoms with Crippen LogP contribution in [0.3, 0.4) is 0 Å². The van der Waals surface area contributed by atoms with E-state index in [1.54, 1.807) is 0 Å². The molecule has 1 atom stereocenters. The number of hydrogen-bond acceptors (Lipinski definition) is 2. The van der Waals surface area contributed by atoms with Gasteiger partial charge in [-0.1, -0.05) is 56.7 Å². The average molecular weight is 373 g/mol. The van der Waals surface area contributed by atoms with Crippen molar-refractivity contribution in [3.8, 4) is 0 Å².